The average molecular weight is 332 g/mol. The minimum absolute atomic E-state index is 0. The molecule has 22 heavy (non-hydrogen) atoms. The van der Waals surface area contributed by atoms with Crippen molar-refractivity contribution in [3.8, 4) is 23.0 Å². The summed E-state index contributed by atoms with van der Waals surface area (Å²) in [6.45, 7) is 0.525. The van der Waals surface area contributed by atoms with Gasteiger partial charge < -0.3 is 24.4 Å². The molecule has 0 bridgehead atoms. The molecule has 116 valence electrons. The van der Waals surface area contributed by atoms with E-state index in [0.717, 1.165) is 0 Å². The predicted molar refractivity (Wildman–Crippen MR) is 86.7 cm³/mol. The molecule has 5 nitrogen and oxygen atoms in total. The molecule has 0 saturated carbocycles. The summed E-state index contributed by atoms with van der Waals surface area (Å²) < 4.78 is 16.2. The van der Waals surface area contributed by atoms with E-state index in [0.29, 0.717) is 23.0 Å². The minimum atomic E-state index is -0.0110. The first-order chi connectivity index (χ1) is 10.3. The fourth-order valence-electron chi connectivity index (χ4n) is 1.67. The fourth-order valence-corrected chi connectivity index (χ4v) is 1.67. The molecule has 0 aliphatic rings. The van der Waals surface area contributed by atoms with Crippen LogP contribution < -0.4 is 14.2 Å². The van der Waals surface area contributed by atoms with E-state index in [2.05, 4.69) is 0 Å². The van der Waals surface area contributed by atoms with Gasteiger partial charge in [0.2, 0.25) is 0 Å². The first kappa shape index (κ1) is 19.1. The Kier molecular flexibility index (Phi) is 9.27. The molecule has 2 aromatic carbocycles. The van der Waals surface area contributed by atoms with Gasteiger partial charge >= 0.3 is 37.7 Å². The van der Waals surface area contributed by atoms with Crippen molar-refractivity contribution in [2.75, 3.05) is 26.4 Å². The zero-order valence-electron chi connectivity index (χ0n) is 11.6. The van der Waals surface area contributed by atoms with E-state index in [1.165, 1.54) is 0 Å². The van der Waals surface area contributed by atoms with Crippen LogP contribution in [0.15, 0.2) is 48.5 Å². The number of aliphatic hydroxyl groups is 2. The number of aliphatic hydroxyl groups excluding tert-OH is 2. The summed E-state index contributed by atoms with van der Waals surface area (Å²) in [5, 5.41) is 17.4. The molecule has 2 N–H and O–H groups in total. The Morgan fingerprint density at radius 3 is 1.23 bits per heavy atom. The van der Waals surface area contributed by atoms with E-state index in [1.807, 2.05) is 0 Å². The maximum atomic E-state index is 8.68. The van der Waals surface area contributed by atoms with Crippen LogP contribution in [0.1, 0.15) is 0 Å². The number of ether oxygens (including phenoxy) is 3. The summed E-state index contributed by atoms with van der Waals surface area (Å²) in [5.74, 6) is 2.75. The van der Waals surface area contributed by atoms with Crippen LogP contribution in [0.3, 0.4) is 0 Å². The van der Waals surface area contributed by atoms with Crippen LogP contribution in [-0.4, -0.2) is 74.4 Å². The second-order valence-electron chi connectivity index (χ2n) is 4.19. The molecule has 0 radical (unpaired) electrons. The summed E-state index contributed by atoms with van der Waals surface area (Å²) >= 11 is 0. The first-order valence-corrected chi connectivity index (χ1v) is 6.67. The van der Waals surface area contributed by atoms with E-state index in [4.69, 9.17) is 24.4 Å². The standard InChI is InChI=1S/C16H18O5.Ca.2H/c17-9-11-19-13-1-5-15(6-2-13)21-16-7-3-14(4-8-16)20-12-10-18;;;/h1-8,17-18H,9-12H2;;;. The number of hydrogen-bond acceptors (Lipinski definition) is 5. The summed E-state index contributed by atoms with van der Waals surface area (Å²) in [4.78, 5) is 0. The fraction of sp³-hybridized carbons (Fsp3) is 0.250. The molecule has 0 unspecified atom stereocenters. The van der Waals surface area contributed by atoms with Gasteiger partial charge in [-0.05, 0) is 48.5 Å². The molecule has 0 aliphatic heterocycles. The van der Waals surface area contributed by atoms with Crippen LogP contribution in [0.5, 0.6) is 23.0 Å². The van der Waals surface area contributed by atoms with Crippen LogP contribution >= 0.6 is 0 Å². The van der Waals surface area contributed by atoms with Gasteiger partial charge in [0, 0.05) is 0 Å². The van der Waals surface area contributed by atoms with Gasteiger partial charge in [-0.25, -0.2) is 0 Å². The van der Waals surface area contributed by atoms with Gasteiger partial charge in [-0.3, -0.25) is 0 Å². The summed E-state index contributed by atoms with van der Waals surface area (Å²) in [5.41, 5.74) is 0. The van der Waals surface area contributed by atoms with Crippen molar-refractivity contribution in [2.45, 2.75) is 0 Å². The Hall–Kier alpha value is -0.980. The van der Waals surface area contributed by atoms with Crippen LogP contribution in [0.4, 0.5) is 0 Å². The quantitative estimate of drug-likeness (QED) is 0.713. The molecule has 0 fully saturated rings. The van der Waals surface area contributed by atoms with Crippen molar-refractivity contribution >= 4 is 37.7 Å². The topological polar surface area (TPSA) is 68.2 Å². The van der Waals surface area contributed by atoms with Gasteiger partial charge in [0.25, 0.3) is 0 Å². The third-order valence-corrected chi connectivity index (χ3v) is 2.60. The van der Waals surface area contributed by atoms with E-state index < -0.39 is 0 Å². The summed E-state index contributed by atoms with van der Waals surface area (Å²) in [6, 6.07) is 14.3. The molecule has 0 amide bonds. The van der Waals surface area contributed by atoms with E-state index >= 15 is 0 Å². The SMILES string of the molecule is OCCOc1ccc(Oc2ccc(OCCO)cc2)cc1.[CaH2]. The zero-order valence-corrected chi connectivity index (χ0v) is 11.6. The van der Waals surface area contributed by atoms with Gasteiger partial charge in [0.05, 0.1) is 13.2 Å². The van der Waals surface area contributed by atoms with Crippen molar-refractivity contribution in [1.29, 1.82) is 0 Å². The Balaban J connectivity index is 0.00000242. The molecule has 2 aromatic rings. The molecule has 0 aromatic heterocycles. The predicted octanol–water partition coefficient (Wildman–Crippen LogP) is 1.30. The van der Waals surface area contributed by atoms with Gasteiger partial charge in [-0.15, -0.1) is 0 Å². The number of benzene rings is 2. The van der Waals surface area contributed by atoms with Gasteiger partial charge in [-0.2, -0.15) is 0 Å². The Morgan fingerprint density at radius 2 is 0.909 bits per heavy atom. The molecule has 0 heterocycles. The summed E-state index contributed by atoms with van der Waals surface area (Å²) in [6.07, 6.45) is 0. The third-order valence-electron chi connectivity index (χ3n) is 2.60. The van der Waals surface area contributed by atoms with Crippen molar-refractivity contribution in [3.63, 3.8) is 0 Å². The average Bonchev–Trinajstić information content (AvgIpc) is 2.53. The molecule has 0 saturated heterocycles. The third kappa shape index (κ3) is 6.42. The molecule has 0 aliphatic carbocycles. The molecule has 6 heteroatoms. The normalized spacial score (nSPS) is 9.73. The molecule has 0 spiro atoms. The van der Waals surface area contributed by atoms with E-state index in [1.54, 1.807) is 48.5 Å². The Labute approximate surface area is 159 Å². The van der Waals surface area contributed by atoms with E-state index in [-0.39, 0.29) is 64.2 Å². The maximum absolute atomic E-state index is 8.68. The second-order valence-corrected chi connectivity index (χ2v) is 4.19. The van der Waals surface area contributed by atoms with Gasteiger partial charge in [0.1, 0.15) is 36.2 Å². The van der Waals surface area contributed by atoms with Crippen molar-refractivity contribution in [1.82, 2.24) is 0 Å². The number of hydrogen-bond donors (Lipinski definition) is 2. The molecule has 2 rings (SSSR count). The van der Waals surface area contributed by atoms with Crippen LogP contribution in [-0.2, 0) is 0 Å². The zero-order chi connectivity index (χ0) is 14.9. The first-order valence-electron chi connectivity index (χ1n) is 6.67. The van der Waals surface area contributed by atoms with Gasteiger partial charge in [-0.1, -0.05) is 0 Å². The Morgan fingerprint density at radius 1 is 0.591 bits per heavy atom. The second kappa shape index (κ2) is 10.7. The van der Waals surface area contributed by atoms with E-state index in [9.17, 15) is 0 Å². The van der Waals surface area contributed by atoms with Crippen molar-refractivity contribution < 1.29 is 24.4 Å². The molecular weight excluding hydrogens is 312 g/mol. The Bertz CT molecular complexity index is 478. The van der Waals surface area contributed by atoms with Gasteiger partial charge in [0.15, 0.2) is 0 Å². The van der Waals surface area contributed by atoms with Crippen LogP contribution in [0.25, 0.3) is 0 Å². The van der Waals surface area contributed by atoms with Crippen molar-refractivity contribution in [3.05, 3.63) is 48.5 Å². The monoisotopic (exact) mass is 332 g/mol. The molecule has 0 atom stereocenters. The van der Waals surface area contributed by atoms with Crippen LogP contribution in [0, 0.1) is 0 Å². The van der Waals surface area contributed by atoms with Crippen molar-refractivity contribution in [2.24, 2.45) is 0 Å². The number of rotatable bonds is 8. The van der Waals surface area contributed by atoms with Crippen LogP contribution in [0.2, 0.25) is 0 Å². The molecular formula is C16H20CaO5. The summed E-state index contributed by atoms with van der Waals surface area (Å²) in [7, 11) is 0.